The average Bonchev–Trinajstić information content (AvgIpc) is 3.32. The van der Waals surface area contributed by atoms with Gasteiger partial charge in [0, 0.05) is 44.2 Å². The molecular formula is C28H38F3N5O4. The second-order valence-corrected chi connectivity index (χ2v) is 12.9. The van der Waals surface area contributed by atoms with Crippen molar-refractivity contribution >= 4 is 22.8 Å². The van der Waals surface area contributed by atoms with Gasteiger partial charge >= 0.3 is 12.1 Å². The van der Waals surface area contributed by atoms with E-state index in [1.807, 2.05) is 37.5 Å². The predicted molar refractivity (Wildman–Crippen MR) is 143 cm³/mol. The van der Waals surface area contributed by atoms with Gasteiger partial charge in [0.1, 0.15) is 41.1 Å². The normalized spacial score (nSPS) is 26.8. The molecule has 220 valence electrons. The first-order valence-electron chi connectivity index (χ1n) is 13.8. The number of fused-ring (bicyclic) bond motifs is 3. The van der Waals surface area contributed by atoms with Gasteiger partial charge < -0.3 is 19.5 Å². The second kappa shape index (κ2) is 10.2. The van der Waals surface area contributed by atoms with Crippen molar-refractivity contribution in [1.29, 1.82) is 0 Å². The summed E-state index contributed by atoms with van der Waals surface area (Å²) >= 11 is 0. The summed E-state index contributed by atoms with van der Waals surface area (Å²) < 4.78 is 54.4. The third kappa shape index (κ3) is 5.93. The van der Waals surface area contributed by atoms with Crippen molar-refractivity contribution in [2.24, 2.45) is 0 Å². The molecule has 3 saturated heterocycles. The van der Waals surface area contributed by atoms with Crippen molar-refractivity contribution < 1.29 is 32.5 Å². The Morgan fingerprint density at radius 3 is 2.58 bits per heavy atom. The van der Waals surface area contributed by atoms with Crippen LogP contribution in [-0.2, 0) is 4.74 Å². The van der Waals surface area contributed by atoms with Crippen LogP contribution in [0.3, 0.4) is 0 Å². The van der Waals surface area contributed by atoms with Crippen molar-refractivity contribution in [2.75, 3.05) is 44.2 Å². The lowest BCUT2D eigenvalue weighted by Gasteiger charge is -2.47. The summed E-state index contributed by atoms with van der Waals surface area (Å²) in [6.07, 6.45) is 0.608. The number of alkyl halides is 1. The van der Waals surface area contributed by atoms with Gasteiger partial charge in [0.05, 0.1) is 11.6 Å². The number of β-amino-alcohol motifs (C(OH)–C–C–N with tert-alkyl or cyclic N) is 1. The Labute approximate surface area is 232 Å². The summed E-state index contributed by atoms with van der Waals surface area (Å²) in [6.45, 7) is 10.5. The van der Waals surface area contributed by atoms with Crippen LogP contribution in [0.1, 0.15) is 53.9 Å². The van der Waals surface area contributed by atoms with Crippen molar-refractivity contribution in [1.82, 2.24) is 19.8 Å². The summed E-state index contributed by atoms with van der Waals surface area (Å²) in [5, 5.41) is 11.1. The molecule has 0 spiro atoms. The molecular weight excluding hydrogens is 527 g/mol. The molecule has 2 bridgehead atoms. The number of aliphatic hydroxyl groups is 1. The zero-order valence-electron chi connectivity index (χ0n) is 23.7. The Kier molecular flexibility index (Phi) is 7.31. The van der Waals surface area contributed by atoms with Crippen LogP contribution in [0.2, 0.25) is 0 Å². The molecule has 1 amide bonds. The van der Waals surface area contributed by atoms with Gasteiger partial charge in [-0.25, -0.2) is 18.0 Å². The van der Waals surface area contributed by atoms with Gasteiger partial charge in [-0.3, -0.25) is 9.80 Å². The lowest BCUT2D eigenvalue weighted by atomic mass is 9.97. The maximum atomic E-state index is 15.0. The number of anilines is 1. The molecule has 3 fully saturated rings. The van der Waals surface area contributed by atoms with E-state index in [9.17, 15) is 23.1 Å². The Bertz CT molecular complexity index is 1290. The number of hydrogen-bond donors (Lipinski definition) is 1. The first-order valence-corrected chi connectivity index (χ1v) is 13.8. The van der Waals surface area contributed by atoms with Crippen molar-refractivity contribution in [3.05, 3.63) is 23.8 Å². The number of ether oxygens (including phenoxy) is 2. The number of carbonyl (C=O) groups excluding carboxylic acids is 1. The predicted octanol–water partition coefficient (Wildman–Crippen LogP) is 4.06. The summed E-state index contributed by atoms with van der Waals surface area (Å²) in [6, 6.07) is 1.61. The number of carbonyl (C=O) groups is 1. The van der Waals surface area contributed by atoms with Crippen LogP contribution in [0.4, 0.5) is 23.8 Å². The highest BCUT2D eigenvalue weighted by molar-refractivity contribution is 5.90. The van der Waals surface area contributed by atoms with Gasteiger partial charge in [0.25, 0.3) is 0 Å². The molecule has 0 aliphatic carbocycles. The number of amides is 1. The minimum Gasteiger partial charge on any atom is -0.460 e. The van der Waals surface area contributed by atoms with Gasteiger partial charge in [-0.15, -0.1) is 0 Å². The molecule has 4 atom stereocenters. The van der Waals surface area contributed by atoms with E-state index in [-0.39, 0.29) is 48.7 Å². The molecule has 5 rings (SSSR count). The van der Waals surface area contributed by atoms with E-state index in [4.69, 9.17) is 9.47 Å². The lowest BCUT2D eigenvalue weighted by molar-refractivity contribution is -0.0160. The molecule has 9 nitrogen and oxygen atoms in total. The lowest BCUT2D eigenvalue weighted by Crippen LogP contribution is -2.63. The van der Waals surface area contributed by atoms with Gasteiger partial charge in [-0.1, -0.05) is 0 Å². The number of likely N-dealkylation sites (tertiary alicyclic amines) is 1. The Hall–Kier alpha value is -2.86. The summed E-state index contributed by atoms with van der Waals surface area (Å²) in [5.74, 6) is -1.33. The van der Waals surface area contributed by atoms with E-state index in [1.54, 1.807) is 11.8 Å². The monoisotopic (exact) mass is 565 g/mol. The molecule has 12 heteroatoms. The van der Waals surface area contributed by atoms with E-state index < -0.39 is 34.5 Å². The number of halogens is 3. The Morgan fingerprint density at radius 1 is 1.18 bits per heavy atom. The largest absolute Gasteiger partial charge is 0.460 e. The number of hydrogen-bond acceptors (Lipinski definition) is 8. The zero-order chi connectivity index (χ0) is 29.0. The average molecular weight is 566 g/mol. The molecule has 1 aromatic heterocycles. The van der Waals surface area contributed by atoms with Crippen LogP contribution in [0.5, 0.6) is 6.01 Å². The molecule has 3 aliphatic heterocycles. The number of nitrogens with zero attached hydrogens (tertiary/aromatic N) is 5. The number of aromatic nitrogens is 2. The van der Waals surface area contributed by atoms with Crippen molar-refractivity contribution in [3.8, 4) is 6.01 Å². The van der Waals surface area contributed by atoms with Gasteiger partial charge in [0.2, 0.25) is 0 Å². The van der Waals surface area contributed by atoms with Gasteiger partial charge in [0.15, 0.2) is 5.82 Å². The molecule has 3 aliphatic rings. The molecule has 1 unspecified atom stereocenters. The number of rotatable bonds is 6. The van der Waals surface area contributed by atoms with Gasteiger partial charge in [-0.2, -0.15) is 9.97 Å². The highest BCUT2D eigenvalue weighted by Gasteiger charge is 2.52. The fourth-order valence-electron chi connectivity index (χ4n) is 6.17. The fourth-order valence-corrected chi connectivity index (χ4v) is 6.17. The molecule has 1 aromatic carbocycles. The van der Waals surface area contributed by atoms with Crippen LogP contribution in [0.25, 0.3) is 10.9 Å². The molecule has 4 heterocycles. The standard InChI is InChI=1S/C28H38F3N5O4/c1-26(2,3)40-25(37)36-19-6-8-27(36,4)14-35(13-19)23-20-10-18(30)11-21(31)22(20)32-24(33-23)39-16-28(5,38)15-34-9-7-17(29)12-34/h10-11,17,19,38H,6-9,12-16H2,1-5H3/t17-,19-,27+,28?/m1/s1. The fraction of sp³-hybridized carbons (Fsp3) is 0.679. The van der Waals surface area contributed by atoms with Crippen molar-refractivity contribution in [3.63, 3.8) is 0 Å². The zero-order valence-corrected chi connectivity index (χ0v) is 23.7. The molecule has 0 radical (unpaired) electrons. The maximum absolute atomic E-state index is 15.0. The quantitative estimate of drug-likeness (QED) is 0.561. The second-order valence-electron chi connectivity index (χ2n) is 12.9. The van der Waals surface area contributed by atoms with E-state index >= 15 is 0 Å². The number of benzene rings is 1. The minimum absolute atomic E-state index is 0.104. The van der Waals surface area contributed by atoms with Gasteiger partial charge in [-0.05, 0) is 59.9 Å². The summed E-state index contributed by atoms with van der Waals surface area (Å²) in [4.78, 5) is 27.4. The third-order valence-corrected chi connectivity index (χ3v) is 7.78. The molecule has 40 heavy (non-hydrogen) atoms. The Balaban J connectivity index is 1.42. The van der Waals surface area contributed by atoms with E-state index in [1.165, 1.54) is 6.07 Å². The first kappa shape index (κ1) is 28.7. The van der Waals surface area contributed by atoms with Crippen LogP contribution in [0.15, 0.2) is 12.1 Å². The Morgan fingerprint density at radius 2 is 1.93 bits per heavy atom. The minimum atomic E-state index is -1.34. The van der Waals surface area contributed by atoms with E-state index in [2.05, 4.69) is 9.97 Å². The maximum Gasteiger partial charge on any atom is 0.411 e. The first-order chi connectivity index (χ1) is 18.6. The molecule has 0 saturated carbocycles. The molecule has 1 N–H and O–H groups in total. The van der Waals surface area contributed by atoms with E-state index in [0.29, 0.717) is 31.9 Å². The van der Waals surface area contributed by atoms with E-state index in [0.717, 1.165) is 18.9 Å². The highest BCUT2D eigenvalue weighted by atomic mass is 19.1. The number of piperazine rings is 1. The van der Waals surface area contributed by atoms with Crippen molar-refractivity contribution in [2.45, 2.75) is 82.8 Å². The van der Waals surface area contributed by atoms with Crippen LogP contribution < -0.4 is 9.64 Å². The third-order valence-electron chi connectivity index (χ3n) is 7.78. The molecule has 2 aromatic rings. The SMILES string of the molecule is CC(O)(COc1nc(N2C[C@H]3CC[C@@](C)(C2)N3C(=O)OC(C)(C)C)c2cc(F)cc(F)c2n1)CN1CC[C@@H](F)C1. The van der Waals surface area contributed by atoms with Crippen LogP contribution in [-0.4, -0.2) is 99.3 Å². The highest BCUT2D eigenvalue weighted by Crippen LogP contribution is 2.42. The van der Waals surface area contributed by atoms with Crippen LogP contribution in [0, 0.1) is 11.6 Å². The summed E-state index contributed by atoms with van der Waals surface area (Å²) in [5.41, 5.74) is -2.66. The topological polar surface area (TPSA) is 91.3 Å². The summed E-state index contributed by atoms with van der Waals surface area (Å²) in [7, 11) is 0. The smallest absolute Gasteiger partial charge is 0.411 e. The van der Waals surface area contributed by atoms with Crippen LogP contribution >= 0.6 is 0 Å².